The molecule has 1 saturated carbocycles. The Bertz CT molecular complexity index is 982. The average Bonchev–Trinajstić information content (AvgIpc) is 3.19. The predicted molar refractivity (Wildman–Crippen MR) is 86.0 cm³/mol. The number of benzene rings is 1. The normalized spacial score (nSPS) is 18.3. The van der Waals surface area contributed by atoms with E-state index in [-0.39, 0.29) is 22.4 Å². The summed E-state index contributed by atoms with van der Waals surface area (Å²) >= 11 is 0. The molecule has 1 heterocycles. The Balaban J connectivity index is 2.00. The first-order valence-corrected chi connectivity index (χ1v) is 7.87. The van der Waals surface area contributed by atoms with Gasteiger partial charge in [-0.2, -0.15) is 18.3 Å². The molecule has 144 valence electrons. The number of anilines is 1. The molecule has 1 aromatic heterocycles. The number of hydrogen-bond acceptors (Lipinski definition) is 3. The molecule has 1 unspecified atom stereocenters. The van der Waals surface area contributed by atoms with Crippen LogP contribution >= 0.6 is 0 Å². The van der Waals surface area contributed by atoms with Crippen LogP contribution in [0.3, 0.4) is 0 Å². The maximum Gasteiger partial charge on any atom is 0.416 e. The van der Waals surface area contributed by atoms with Gasteiger partial charge in [0.25, 0.3) is 17.4 Å². The van der Waals surface area contributed by atoms with Crippen LogP contribution in [0.1, 0.15) is 45.1 Å². The molecular formula is C17H14F5N3O2. The molecule has 2 N–H and O–H groups in total. The molecular weight excluding hydrogens is 373 g/mol. The minimum Gasteiger partial charge on any atom is -0.322 e. The number of aryl methyl sites for hydroxylation is 1. The van der Waals surface area contributed by atoms with Gasteiger partial charge in [-0.05, 0) is 43.2 Å². The Morgan fingerprint density at radius 3 is 2.44 bits per heavy atom. The fraction of sp³-hybridized carbons (Fsp3) is 0.353. The molecule has 1 atom stereocenters. The van der Waals surface area contributed by atoms with Crippen LogP contribution < -0.4 is 10.9 Å². The lowest BCUT2D eigenvalue weighted by molar-refractivity contribution is -0.137. The molecule has 0 spiro atoms. The molecule has 1 aromatic carbocycles. The molecule has 1 aliphatic rings. The van der Waals surface area contributed by atoms with Gasteiger partial charge in [-0.3, -0.25) is 9.59 Å². The van der Waals surface area contributed by atoms with Crippen molar-refractivity contribution in [3.05, 3.63) is 56.5 Å². The van der Waals surface area contributed by atoms with E-state index in [1.165, 1.54) is 6.92 Å². The first-order chi connectivity index (χ1) is 12.4. The largest absolute Gasteiger partial charge is 0.416 e. The molecule has 1 fully saturated rings. The highest BCUT2D eigenvalue weighted by Crippen LogP contribution is 2.56. The number of H-pyrrole nitrogens is 1. The number of hydrogen-bond donors (Lipinski definition) is 2. The highest BCUT2D eigenvalue weighted by atomic mass is 19.4. The fourth-order valence-corrected chi connectivity index (χ4v) is 2.76. The summed E-state index contributed by atoms with van der Waals surface area (Å²) in [6.45, 7) is 3.01. The van der Waals surface area contributed by atoms with Gasteiger partial charge in [-0.1, -0.05) is 0 Å². The number of carbonyl (C=O) groups is 1. The number of amides is 1. The van der Waals surface area contributed by atoms with Crippen LogP contribution in [0.2, 0.25) is 0 Å². The summed E-state index contributed by atoms with van der Waals surface area (Å²) in [7, 11) is 0. The predicted octanol–water partition coefficient (Wildman–Crippen LogP) is 3.78. The lowest BCUT2D eigenvalue weighted by Crippen LogP contribution is -2.26. The zero-order valence-corrected chi connectivity index (χ0v) is 14.2. The SMILES string of the molecule is Cc1n[nH]c(=O)c(C(=O)Nc2cc(C3CC3(F)F)cc(C(F)(F)F)c2)c1C. The standard InChI is InChI=1S/C17H14F5N3O2/c1-7-8(2)24-25-15(27)13(7)14(26)23-11-4-9(12-6-16(12,18)19)3-10(5-11)17(20,21)22/h3-5,12H,6H2,1-2H3,(H,23,26)(H,25,27). The van der Waals surface area contributed by atoms with E-state index in [1.807, 2.05) is 0 Å². The molecule has 5 nitrogen and oxygen atoms in total. The second-order valence-electron chi connectivity index (χ2n) is 6.45. The van der Waals surface area contributed by atoms with Crippen molar-refractivity contribution in [2.75, 3.05) is 5.32 Å². The summed E-state index contributed by atoms with van der Waals surface area (Å²) in [5.41, 5.74) is -2.19. The van der Waals surface area contributed by atoms with Gasteiger partial charge in [-0.15, -0.1) is 0 Å². The van der Waals surface area contributed by atoms with E-state index in [4.69, 9.17) is 0 Å². The minimum atomic E-state index is -4.78. The molecule has 10 heteroatoms. The Hall–Kier alpha value is -2.78. The van der Waals surface area contributed by atoms with Gasteiger partial charge in [0.1, 0.15) is 5.56 Å². The van der Waals surface area contributed by atoms with E-state index in [9.17, 15) is 31.5 Å². The van der Waals surface area contributed by atoms with Gasteiger partial charge < -0.3 is 5.32 Å². The Kier molecular flexibility index (Phi) is 4.32. The molecule has 2 aromatic rings. The van der Waals surface area contributed by atoms with Crippen LogP contribution in [0.25, 0.3) is 0 Å². The summed E-state index contributed by atoms with van der Waals surface area (Å²) < 4.78 is 65.9. The molecule has 27 heavy (non-hydrogen) atoms. The smallest absolute Gasteiger partial charge is 0.322 e. The number of alkyl halides is 5. The maximum atomic E-state index is 13.3. The minimum absolute atomic E-state index is 0.221. The summed E-state index contributed by atoms with van der Waals surface area (Å²) in [6, 6.07) is 2.35. The van der Waals surface area contributed by atoms with E-state index in [2.05, 4.69) is 15.5 Å². The van der Waals surface area contributed by atoms with E-state index in [0.717, 1.165) is 6.07 Å². The van der Waals surface area contributed by atoms with Crippen molar-refractivity contribution >= 4 is 11.6 Å². The van der Waals surface area contributed by atoms with Gasteiger partial charge in [0.2, 0.25) is 0 Å². The Labute approximate surface area is 149 Å². The van der Waals surface area contributed by atoms with Crippen molar-refractivity contribution in [2.24, 2.45) is 0 Å². The third kappa shape index (κ3) is 3.69. The van der Waals surface area contributed by atoms with Crippen LogP contribution in [-0.2, 0) is 6.18 Å². The zero-order chi connectivity index (χ0) is 20.1. The Morgan fingerprint density at radius 2 is 1.89 bits per heavy atom. The summed E-state index contributed by atoms with van der Waals surface area (Å²) in [5, 5.41) is 8.00. The first kappa shape index (κ1) is 19.0. The lowest BCUT2D eigenvalue weighted by atomic mass is 10.0. The zero-order valence-electron chi connectivity index (χ0n) is 14.2. The van der Waals surface area contributed by atoms with Gasteiger partial charge in [0.15, 0.2) is 0 Å². The van der Waals surface area contributed by atoms with Gasteiger partial charge in [-0.25, -0.2) is 13.9 Å². The van der Waals surface area contributed by atoms with E-state index in [0.29, 0.717) is 17.8 Å². The highest BCUT2D eigenvalue weighted by Gasteiger charge is 2.57. The van der Waals surface area contributed by atoms with Crippen molar-refractivity contribution in [1.29, 1.82) is 0 Å². The van der Waals surface area contributed by atoms with Crippen LogP contribution in [-0.4, -0.2) is 22.0 Å². The summed E-state index contributed by atoms with van der Waals surface area (Å²) in [4.78, 5) is 24.3. The van der Waals surface area contributed by atoms with E-state index in [1.54, 1.807) is 6.92 Å². The van der Waals surface area contributed by atoms with E-state index < -0.39 is 41.5 Å². The molecule has 1 amide bonds. The quantitative estimate of drug-likeness (QED) is 0.788. The average molecular weight is 387 g/mol. The van der Waals surface area contributed by atoms with Crippen molar-refractivity contribution in [1.82, 2.24) is 10.2 Å². The number of rotatable bonds is 3. The van der Waals surface area contributed by atoms with Crippen molar-refractivity contribution < 1.29 is 26.7 Å². The molecule has 0 aliphatic heterocycles. The Morgan fingerprint density at radius 1 is 1.26 bits per heavy atom. The monoisotopic (exact) mass is 387 g/mol. The number of nitrogens with zero attached hydrogens (tertiary/aromatic N) is 1. The second-order valence-corrected chi connectivity index (χ2v) is 6.45. The topological polar surface area (TPSA) is 74.8 Å². The van der Waals surface area contributed by atoms with Gasteiger partial charge in [0.05, 0.1) is 17.2 Å². The van der Waals surface area contributed by atoms with Crippen molar-refractivity contribution in [3.8, 4) is 0 Å². The lowest BCUT2D eigenvalue weighted by Gasteiger charge is -2.14. The number of halogens is 5. The van der Waals surface area contributed by atoms with Crippen LogP contribution in [0.4, 0.5) is 27.6 Å². The second kappa shape index (κ2) is 6.14. The highest BCUT2D eigenvalue weighted by molar-refractivity contribution is 6.05. The molecule has 0 saturated heterocycles. The fourth-order valence-electron chi connectivity index (χ4n) is 2.76. The first-order valence-electron chi connectivity index (χ1n) is 7.87. The van der Waals surface area contributed by atoms with Crippen molar-refractivity contribution in [3.63, 3.8) is 0 Å². The maximum absolute atomic E-state index is 13.3. The number of carbonyl (C=O) groups excluding carboxylic acids is 1. The van der Waals surface area contributed by atoms with Gasteiger partial charge >= 0.3 is 6.18 Å². The number of nitrogens with one attached hydrogen (secondary N) is 2. The van der Waals surface area contributed by atoms with Gasteiger partial charge in [0, 0.05) is 12.1 Å². The number of aromatic nitrogens is 2. The molecule has 0 bridgehead atoms. The molecule has 3 rings (SSSR count). The number of aromatic amines is 1. The van der Waals surface area contributed by atoms with Crippen LogP contribution in [0.5, 0.6) is 0 Å². The third-order valence-electron chi connectivity index (χ3n) is 4.47. The summed E-state index contributed by atoms with van der Waals surface area (Å²) in [5.74, 6) is -5.35. The third-order valence-corrected chi connectivity index (χ3v) is 4.47. The van der Waals surface area contributed by atoms with Crippen LogP contribution in [0, 0.1) is 13.8 Å². The summed E-state index contributed by atoms with van der Waals surface area (Å²) in [6.07, 6.45) is -5.33. The van der Waals surface area contributed by atoms with Crippen molar-refractivity contribution in [2.45, 2.75) is 38.3 Å². The van der Waals surface area contributed by atoms with Crippen LogP contribution in [0.15, 0.2) is 23.0 Å². The molecule has 0 radical (unpaired) electrons. The van der Waals surface area contributed by atoms with E-state index >= 15 is 0 Å². The molecule has 1 aliphatic carbocycles.